The fourth-order valence-electron chi connectivity index (χ4n) is 1.89. The molecule has 0 saturated heterocycles. The number of esters is 1. The molecule has 0 bridgehead atoms. The van der Waals surface area contributed by atoms with E-state index in [0.717, 1.165) is 6.42 Å². The van der Waals surface area contributed by atoms with E-state index in [1.165, 1.54) is 5.56 Å². The Kier molecular flexibility index (Phi) is 7.54. The van der Waals surface area contributed by atoms with Crippen LogP contribution in [0.25, 0.3) is 0 Å². The lowest BCUT2D eigenvalue weighted by Crippen LogP contribution is -2.39. The van der Waals surface area contributed by atoms with Gasteiger partial charge in [0, 0.05) is 17.5 Å². The lowest BCUT2D eigenvalue weighted by Gasteiger charge is -2.37. The molecule has 0 fully saturated rings. The first-order valence-electron chi connectivity index (χ1n) is 6.43. The molecule has 0 aliphatic heterocycles. The van der Waals surface area contributed by atoms with Crippen molar-refractivity contribution in [2.45, 2.75) is 25.8 Å². The van der Waals surface area contributed by atoms with Gasteiger partial charge in [0.1, 0.15) is 0 Å². The van der Waals surface area contributed by atoms with Gasteiger partial charge in [-0.15, -0.1) is 12.4 Å². The van der Waals surface area contributed by atoms with Crippen LogP contribution in [0, 0.1) is 0 Å². The molecule has 0 radical (unpaired) electrons. The van der Waals surface area contributed by atoms with Crippen molar-refractivity contribution >= 4 is 18.4 Å². The topological polar surface area (TPSA) is 29.5 Å². The van der Waals surface area contributed by atoms with Crippen molar-refractivity contribution in [2.24, 2.45) is 0 Å². The molecule has 0 aliphatic carbocycles. The maximum atomic E-state index is 11.4. The van der Waals surface area contributed by atoms with Crippen LogP contribution in [0.5, 0.6) is 0 Å². The quantitative estimate of drug-likeness (QED) is 0.595. The van der Waals surface area contributed by atoms with Gasteiger partial charge < -0.3 is 4.74 Å². The average Bonchev–Trinajstić information content (AvgIpc) is 2.39. The Morgan fingerprint density at radius 1 is 1.30 bits per heavy atom. The maximum absolute atomic E-state index is 11.4. The molecule has 0 amide bonds. The summed E-state index contributed by atoms with van der Waals surface area (Å²) in [6, 6.07) is 10.2. The van der Waals surface area contributed by atoms with Crippen LogP contribution in [0.4, 0.5) is 0 Å². The summed E-state index contributed by atoms with van der Waals surface area (Å²) in [5.41, 5.74) is 1.49. The van der Waals surface area contributed by atoms with E-state index in [1.54, 1.807) is 6.92 Å². The van der Waals surface area contributed by atoms with Gasteiger partial charge >= 0.3 is 5.97 Å². The van der Waals surface area contributed by atoms with E-state index in [4.69, 9.17) is 4.74 Å². The van der Waals surface area contributed by atoms with Gasteiger partial charge in [0.25, 0.3) is 0 Å². The van der Waals surface area contributed by atoms with Crippen LogP contribution in [0.2, 0.25) is 0 Å². The second-order valence-corrected chi connectivity index (χ2v) is 5.20. The third-order valence-corrected chi connectivity index (χ3v) is 3.55. The average molecular weight is 298 g/mol. The molecular formula is C16H24ClNO2. The molecule has 1 rings (SSSR count). The van der Waals surface area contributed by atoms with Gasteiger partial charge in [0.05, 0.1) is 6.61 Å². The number of nitrogens with zero attached hydrogens (tertiary/aromatic N) is 1. The molecular weight excluding hydrogens is 274 g/mol. The van der Waals surface area contributed by atoms with Crippen LogP contribution in [0.15, 0.2) is 42.5 Å². The molecule has 112 valence electrons. The molecule has 0 aromatic heterocycles. The molecule has 0 aliphatic rings. The zero-order valence-electron chi connectivity index (χ0n) is 12.7. The first-order valence-corrected chi connectivity index (χ1v) is 6.43. The Hall–Kier alpha value is -1.32. The van der Waals surface area contributed by atoms with Gasteiger partial charge in [-0.1, -0.05) is 36.9 Å². The van der Waals surface area contributed by atoms with Gasteiger partial charge in [-0.2, -0.15) is 0 Å². The molecule has 0 saturated carbocycles. The number of carbonyl (C=O) groups is 1. The smallest absolute Gasteiger partial charge is 0.333 e. The van der Waals surface area contributed by atoms with Crippen molar-refractivity contribution < 1.29 is 9.53 Å². The Balaban J connectivity index is 0.00000361. The van der Waals surface area contributed by atoms with Gasteiger partial charge in [0.15, 0.2) is 0 Å². The van der Waals surface area contributed by atoms with Crippen LogP contribution in [0.3, 0.4) is 0 Å². The highest BCUT2D eigenvalue weighted by Gasteiger charge is 2.29. The predicted octanol–water partition coefficient (Wildman–Crippen LogP) is 3.39. The Labute approximate surface area is 128 Å². The number of benzene rings is 1. The molecule has 0 spiro atoms. The van der Waals surface area contributed by atoms with Crippen molar-refractivity contribution in [2.75, 3.05) is 20.7 Å². The molecule has 1 aromatic carbocycles. The van der Waals surface area contributed by atoms with E-state index in [2.05, 4.69) is 30.5 Å². The largest absolute Gasteiger partial charge is 0.462 e. The van der Waals surface area contributed by atoms with Crippen molar-refractivity contribution in [3.8, 4) is 0 Å². The molecule has 1 atom stereocenters. The van der Waals surface area contributed by atoms with Gasteiger partial charge in [-0.05, 0) is 33.5 Å². The second-order valence-electron chi connectivity index (χ2n) is 5.20. The minimum atomic E-state index is -0.325. The van der Waals surface area contributed by atoms with E-state index in [-0.39, 0.29) is 23.9 Å². The van der Waals surface area contributed by atoms with E-state index >= 15 is 0 Å². The number of halogens is 1. The van der Waals surface area contributed by atoms with E-state index < -0.39 is 0 Å². The zero-order valence-corrected chi connectivity index (χ0v) is 13.5. The maximum Gasteiger partial charge on any atom is 0.333 e. The summed E-state index contributed by atoms with van der Waals surface area (Å²) in [6.45, 7) is 7.77. The summed E-state index contributed by atoms with van der Waals surface area (Å²) in [7, 11) is 4.07. The van der Waals surface area contributed by atoms with Crippen molar-refractivity contribution in [1.82, 2.24) is 4.90 Å². The molecule has 1 aromatic rings. The van der Waals surface area contributed by atoms with E-state index in [1.807, 2.05) is 32.3 Å². The van der Waals surface area contributed by atoms with Crippen LogP contribution in [0.1, 0.15) is 25.8 Å². The number of hydrogen-bond donors (Lipinski definition) is 0. The zero-order chi connectivity index (χ0) is 14.5. The fraction of sp³-hybridized carbons (Fsp3) is 0.438. The minimum absolute atomic E-state index is 0. The highest BCUT2D eigenvalue weighted by molar-refractivity contribution is 5.86. The van der Waals surface area contributed by atoms with Crippen molar-refractivity contribution in [1.29, 1.82) is 0 Å². The minimum Gasteiger partial charge on any atom is -0.462 e. The highest BCUT2D eigenvalue weighted by atomic mass is 35.5. The van der Waals surface area contributed by atoms with Crippen molar-refractivity contribution in [3.63, 3.8) is 0 Å². The van der Waals surface area contributed by atoms with Crippen LogP contribution >= 0.6 is 12.4 Å². The monoisotopic (exact) mass is 297 g/mol. The third kappa shape index (κ3) is 4.66. The Bertz CT molecular complexity index is 445. The summed E-state index contributed by atoms with van der Waals surface area (Å²) in [5.74, 6) is -0.325. The lowest BCUT2D eigenvalue weighted by molar-refractivity contribution is -0.139. The number of hydrogen-bond acceptors (Lipinski definition) is 3. The standard InChI is InChI=1S/C16H23NO2.ClH/c1-13(2)15(18)19-12-11-16(3,17(4)5)14-9-7-6-8-10-14;/h6-10H,1,11-12H2,2-5H3;1H. The lowest BCUT2D eigenvalue weighted by atomic mass is 9.88. The summed E-state index contributed by atoms with van der Waals surface area (Å²) in [4.78, 5) is 13.5. The van der Waals surface area contributed by atoms with Gasteiger partial charge in [0.2, 0.25) is 0 Å². The van der Waals surface area contributed by atoms with Crippen LogP contribution < -0.4 is 0 Å². The van der Waals surface area contributed by atoms with E-state index in [9.17, 15) is 4.79 Å². The molecule has 1 unspecified atom stereocenters. The second kappa shape index (κ2) is 8.08. The molecule has 3 nitrogen and oxygen atoms in total. The third-order valence-electron chi connectivity index (χ3n) is 3.55. The number of rotatable bonds is 6. The first-order chi connectivity index (χ1) is 8.88. The van der Waals surface area contributed by atoms with Crippen LogP contribution in [-0.4, -0.2) is 31.6 Å². The number of ether oxygens (including phenoxy) is 1. The molecule has 20 heavy (non-hydrogen) atoms. The molecule has 0 N–H and O–H groups in total. The predicted molar refractivity (Wildman–Crippen MR) is 85.1 cm³/mol. The van der Waals surface area contributed by atoms with Crippen molar-refractivity contribution in [3.05, 3.63) is 48.0 Å². The fourth-order valence-corrected chi connectivity index (χ4v) is 1.89. The first kappa shape index (κ1) is 18.7. The molecule has 0 heterocycles. The Morgan fingerprint density at radius 2 is 1.85 bits per heavy atom. The normalized spacial score (nSPS) is 13.2. The molecule has 4 heteroatoms. The van der Waals surface area contributed by atoms with Gasteiger partial charge in [-0.25, -0.2) is 4.79 Å². The van der Waals surface area contributed by atoms with Crippen LogP contribution in [-0.2, 0) is 15.1 Å². The summed E-state index contributed by atoms with van der Waals surface area (Å²) in [5, 5.41) is 0. The van der Waals surface area contributed by atoms with Gasteiger partial charge in [-0.3, -0.25) is 4.90 Å². The highest BCUT2D eigenvalue weighted by Crippen LogP contribution is 2.29. The summed E-state index contributed by atoms with van der Waals surface area (Å²) in [6.07, 6.45) is 0.739. The summed E-state index contributed by atoms with van der Waals surface area (Å²) < 4.78 is 5.21. The van der Waals surface area contributed by atoms with E-state index in [0.29, 0.717) is 12.2 Å². The number of carbonyl (C=O) groups excluding carboxylic acids is 1. The Morgan fingerprint density at radius 3 is 2.30 bits per heavy atom. The SMILES string of the molecule is C=C(C)C(=O)OCCC(C)(c1ccccc1)N(C)C.Cl. The summed E-state index contributed by atoms with van der Waals surface area (Å²) >= 11 is 0.